The van der Waals surface area contributed by atoms with Gasteiger partial charge in [-0.3, -0.25) is 14.5 Å². The predicted octanol–water partition coefficient (Wildman–Crippen LogP) is 1.40. The van der Waals surface area contributed by atoms with E-state index >= 15 is 0 Å². The van der Waals surface area contributed by atoms with E-state index in [1.165, 1.54) is 0 Å². The first-order valence-corrected chi connectivity index (χ1v) is 7.81. The number of hydrogen-bond donors (Lipinski definition) is 2. The second kappa shape index (κ2) is 5.18. The number of rotatable bonds is 4. The third-order valence-electron chi connectivity index (χ3n) is 4.04. The zero-order chi connectivity index (χ0) is 14.3. The zero-order valence-electron chi connectivity index (χ0n) is 11.3. The van der Waals surface area contributed by atoms with Crippen LogP contribution in [0.2, 0.25) is 0 Å². The molecule has 1 saturated carbocycles. The minimum Gasteiger partial charge on any atom is -0.480 e. The molecule has 1 fully saturated rings. The Morgan fingerprint density at radius 3 is 2.90 bits per heavy atom. The molecule has 1 aliphatic heterocycles. The van der Waals surface area contributed by atoms with Crippen LogP contribution in [0.4, 0.5) is 0 Å². The fourth-order valence-electron chi connectivity index (χ4n) is 2.73. The van der Waals surface area contributed by atoms with E-state index in [1.807, 2.05) is 11.4 Å². The van der Waals surface area contributed by atoms with Crippen LogP contribution in [0.25, 0.3) is 0 Å². The molecule has 1 aromatic rings. The van der Waals surface area contributed by atoms with Crippen molar-refractivity contribution in [2.45, 2.75) is 44.3 Å². The number of carbonyl (C=O) groups is 2. The normalized spacial score (nSPS) is 23.9. The van der Waals surface area contributed by atoms with Crippen molar-refractivity contribution in [1.82, 2.24) is 10.2 Å². The SMILES string of the molecule is CC(C(=O)NC1CC1)N1CCc2sccc2C1C(=O)O. The Kier molecular flexibility index (Phi) is 3.52. The van der Waals surface area contributed by atoms with Crippen LogP contribution in [-0.4, -0.2) is 40.5 Å². The summed E-state index contributed by atoms with van der Waals surface area (Å²) in [4.78, 5) is 26.7. The summed E-state index contributed by atoms with van der Waals surface area (Å²) in [6.07, 6.45) is 2.89. The van der Waals surface area contributed by atoms with Crippen molar-refractivity contribution in [1.29, 1.82) is 0 Å². The average molecular weight is 294 g/mol. The molecular weight excluding hydrogens is 276 g/mol. The Bertz CT molecular complexity index is 538. The topological polar surface area (TPSA) is 69.6 Å². The van der Waals surface area contributed by atoms with Gasteiger partial charge in [-0.05, 0) is 43.2 Å². The van der Waals surface area contributed by atoms with Crippen LogP contribution in [0.15, 0.2) is 11.4 Å². The maximum atomic E-state index is 12.2. The molecule has 3 rings (SSSR count). The highest BCUT2D eigenvalue weighted by atomic mass is 32.1. The Hall–Kier alpha value is -1.40. The van der Waals surface area contributed by atoms with Gasteiger partial charge in [0.05, 0.1) is 6.04 Å². The summed E-state index contributed by atoms with van der Waals surface area (Å²) >= 11 is 1.60. The number of carboxylic acid groups (broad SMARTS) is 1. The molecule has 1 amide bonds. The first-order valence-electron chi connectivity index (χ1n) is 6.93. The molecule has 0 aromatic carbocycles. The maximum Gasteiger partial charge on any atom is 0.325 e. The van der Waals surface area contributed by atoms with Gasteiger partial charge in [0.1, 0.15) is 6.04 Å². The van der Waals surface area contributed by atoms with E-state index in [1.54, 1.807) is 23.2 Å². The summed E-state index contributed by atoms with van der Waals surface area (Å²) in [6, 6.07) is 1.06. The van der Waals surface area contributed by atoms with Gasteiger partial charge in [0.15, 0.2) is 0 Å². The second-order valence-corrected chi connectivity index (χ2v) is 6.49. The number of fused-ring (bicyclic) bond motifs is 1. The average Bonchev–Trinajstić information content (AvgIpc) is 3.10. The smallest absolute Gasteiger partial charge is 0.325 e. The van der Waals surface area contributed by atoms with Gasteiger partial charge in [0.2, 0.25) is 5.91 Å². The maximum absolute atomic E-state index is 12.2. The molecule has 2 aliphatic rings. The van der Waals surface area contributed by atoms with E-state index in [2.05, 4.69) is 5.32 Å². The molecule has 2 unspecified atom stereocenters. The summed E-state index contributed by atoms with van der Waals surface area (Å²) in [5.74, 6) is -0.937. The van der Waals surface area contributed by atoms with Crippen LogP contribution in [0.3, 0.4) is 0 Å². The largest absolute Gasteiger partial charge is 0.480 e. The van der Waals surface area contributed by atoms with E-state index in [9.17, 15) is 14.7 Å². The van der Waals surface area contributed by atoms with Crippen molar-refractivity contribution in [2.75, 3.05) is 6.54 Å². The van der Waals surface area contributed by atoms with Crippen molar-refractivity contribution in [3.63, 3.8) is 0 Å². The van der Waals surface area contributed by atoms with Crippen LogP contribution in [0.5, 0.6) is 0 Å². The second-order valence-electron chi connectivity index (χ2n) is 5.49. The lowest BCUT2D eigenvalue weighted by Gasteiger charge is -2.36. The van der Waals surface area contributed by atoms with Gasteiger partial charge in [0.25, 0.3) is 0 Å². The minimum atomic E-state index is -0.879. The minimum absolute atomic E-state index is 0.0579. The van der Waals surface area contributed by atoms with Crippen molar-refractivity contribution in [2.24, 2.45) is 0 Å². The Morgan fingerprint density at radius 1 is 1.50 bits per heavy atom. The quantitative estimate of drug-likeness (QED) is 0.880. The molecule has 20 heavy (non-hydrogen) atoms. The number of nitrogens with one attached hydrogen (secondary N) is 1. The van der Waals surface area contributed by atoms with Gasteiger partial charge in [-0.15, -0.1) is 11.3 Å². The van der Waals surface area contributed by atoms with E-state index in [0.717, 1.165) is 29.7 Å². The monoisotopic (exact) mass is 294 g/mol. The molecule has 5 nitrogen and oxygen atoms in total. The number of carbonyl (C=O) groups excluding carboxylic acids is 1. The van der Waals surface area contributed by atoms with Gasteiger partial charge in [-0.2, -0.15) is 0 Å². The van der Waals surface area contributed by atoms with Crippen LogP contribution in [0, 0.1) is 0 Å². The van der Waals surface area contributed by atoms with Gasteiger partial charge >= 0.3 is 5.97 Å². The first-order chi connectivity index (χ1) is 9.58. The zero-order valence-corrected chi connectivity index (χ0v) is 12.2. The van der Waals surface area contributed by atoms with E-state index in [0.29, 0.717) is 12.6 Å². The highest BCUT2D eigenvalue weighted by Gasteiger charge is 2.39. The number of thiophene rings is 1. The molecule has 6 heteroatoms. The highest BCUT2D eigenvalue weighted by molar-refractivity contribution is 7.10. The van der Waals surface area contributed by atoms with Gasteiger partial charge < -0.3 is 10.4 Å². The fourth-order valence-corrected chi connectivity index (χ4v) is 3.63. The molecule has 1 aliphatic carbocycles. The molecule has 0 bridgehead atoms. The van der Waals surface area contributed by atoms with Crippen molar-refractivity contribution < 1.29 is 14.7 Å². The Balaban J connectivity index is 1.81. The number of amides is 1. The molecule has 2 atom stereocenters. The molecule has 1 aromatic heterocycles. The van der Waals surface area contributed by atoms with Crippen LogP contribution >= 0.6 is 11.3 Å². The third kappa shape index (κ3) is 2.45. The van der Waals surface area contributed by atoms with E-state index < -0.39 is 18.1 Å². The lowest BCUT2D eigenvalue weighted by molar-refractivity contribution is -0.146. The molecule has 0 radical (unpaired) electrons. The molecule has 0 spiro atoms. The molecular formula is C14H18N2O3S. The molecule has 0 saturated heterocycles. The van der Waals surface area contributed by atoms with E-state index in [4.69, 9.17) is 0 Å². The van der Waals surface area contributed by atoms with Crippen molar-refractivity contribution in [3.05, 3.63) is 21.9 Å². The standard InChI is InChI=1S/C14H18N2O3S/c1-8(13(17)15-9-2-3-9)16-6-4-11-10(5-7-20-11)12(16)14(18)19/h5,7-9,12H,2-4,6H2,1H3,(H,15,17)(H,18,19). The summed E-state index contributed by atoms with van der Waals surface area (Å²) < 4.78 is 0. The van der Waals surface area contributed by atoms with Gasteiger partial charge in [0, 0.05) is 17.5 Å². The number of aliphatic carboxylic acids is 1. The summed E-state index contributed by atoms with van der Waals surface area (Å²) in [7, 11) is 0. The predicted molar refractivity (Wildman–Crippen MR) is 75.7 cm³/mol. The van der Waals surface area contributed by atoms with E-state index in [-0.39, 0.29) is 5.91 Å². The first kappa shape index (κ1) is 13.6. The Labute approximate surface area is 121 Å². The van der Waals surface area contributed by atoms with Crippen LogP contribution in [0.1, 0.15) is 36.2 Å². The third-order valence-corrected chi connectivity index (χ3v) is 5.03. The molecule has 108 valence electrons. The number of carboxylic acids is 1. The highest BCUT2D eigenvalue weighted by Crippen LogP contribution is 2.34. The number of hydrogen-bond acceptors (Lipinski definition) is 4. The summed E-state index contributed by atoms with van der Waals surface area (Å²) in [6.45, 7) is 2.41. The molecule has 2 heterocycles. The summed E-state index contributed by atoms with van der Waals surface area (Å²) in [5.41, 5.74) is 0.847. The van der Waals surface area contributed by atoms with Crippen molar-refractivity contribution in [3.8, 4) is 0 Å². The molecule has 2 N–H and O–H groups in total. The lowest BCUT2D eigenvalue weighted by atomic mass is 9.98. The fraction of sp³-hybridized carbons (Fsp3) is 0.571. The van der Waals surface area contributed by atoms with Crippen molar-refractivity contribution >= 4 is 23.2 Å². The Morgan fingerprint density at radius 2 is 2.25 bits per heavy atom. The van der Waals surface area contributed by atoms with Crippen LogP contribution < -0.4 is 5.32 Å². The lowest BCUT2D eigenvalue weighted by Crippen LogP contribution is -2.51. The van der Waals surface area contributed by atoms with Gasteiger partial charge in [-0.1, -0.05) is 0 Å². The van der Waals surface area contributed by atoms with Crippen LogP contribution in [-0.2, 0) is 16.0 Å². The van der Waals surface area contributed by atoms with Gasteiger partial charge in [-0.25, -0.2) is 0 Å². The number of nitrogens with zero attached hydrogens (tertiary/aromatic N) is 1. The summed E-state index contributed by atoms with van der Waals surface area (Å²) in [5, 5.41) is 14.4.